The molecule has 218 valence electrons. The number of hydrogen-bond donors (Lipinski definition) is 2. The molecule has 3 aliphatic carbocycles. The minimum atomic E-state index is -1.10. The summed E-state index contributed by atoms with van der Waals surface area (Å²) in [5, 5.41) is 7.83. The van der Waals surface area contributed by atoms with Crippen molar-refractivity contribution in [3.8, 4) is 11.5 Å². The Kier molecular flexibility index (Phi) is 5.99. The van der Waals surface area contributed by atoms with Crippen LogP contribution in [0.15, 0.2) is 96.1 Å². The molecule has 4 aromatic carbocycles. The van der Waals surface area contributed by atoms with E-state index in [4.69, 9.17) is 21.1 Å². The maximum atomic E-state index is 14.4. The number of hydrogen-bond acceptors (Lipinski definition) is 7. The van der Waals surface area contributed by atoms with Gasteiger partial charge in [-0.3, -0.25) is 14.4 Å². The predicted octanol–water partition coefficient (Wildman–Crippen LogP) is 4.83. The fraction of sp³-hybridized carbons (Fsp3) is 0.176. The van der Waals surface area contributed by atoms with Gasteiger partial charge >= 0.3 is 0 Å². The van der Waals surface area contributed by atoms with E-state index in [9.17, 15) is 14.4 Å². The lowest BCUT2D eigenvalue weighted by Crippen LogP contribution is -2.54. The molecule has 0 radical (unpaired) electrons. The largest absolute Gasteiger partial charge is 0.454 e. The zero-order chi connectivity index (χ0) is 30.0. The van der Waals surface area contributed by atoms with Crippen molar-refractivity contribution in [2.45, 2.75) is 11.3 Å². The van der Waals surface area contributed by atoms with Gasteiger partial charge in [-0.05, 0) is 46.5 Å². The van der Waals surface area contributed by atoms with E-state index in [-0.39, 0.29) is 37.0 Å². The van der Waals surface area contributed by atoms with Crippen LogP contribution < -0.4 is 25.1 Å². The van der Waals surface area contributed by atoms with E-state index in [2.05, 4.69) is 15.8 Å². The van der Waals surface area contributed by atoms with Crippen LogP contribution in [0.5, 0.6) is 11.5 Å². The third-order valence-corrected chi connectivity index (χ3v) is 9.38. The molecule has 9 nitrogen and oxygen atoms in total. The molecule has 0 aromatic heterocycles. The van der Waals surface area contributed by atoms with Crippen LogP contribution in [-0.4, -0.2) is 37.3 Å². The average molecular weight is 605 g/mol. The average Bonchev–Trinajstić information content (AvgIpc) is 3.62. The van der Waals surface area contributed by atoms with Crippen molar-refractivity contribution in [1.29, 1.82) is 0 Å². The van der Waals surface area contributed by atoms with Gasteiger partial charge in [0, 0.05) is 23.9 Å². The van der Waals surface area contributed by atoms with Gasteiger partial charge in [0.05, 0.1) is 34.5 Å². The molecule has 5 aliphatic rings. The van der Waals surface area contributed by atoms with E-state index < -0.39 is 17.3 Å². The highest BCUT2D eigenvalue weighted by Crippen LogP contribution is 2.63. The number of fused-ring (bicyclic) bond motifs is 1. The summed E-state index contributed by atoms with van der Waals surface area (Å²) in [6.07, 6.45) is 1.64. The van der Waals surface area contributed by atoms with Gasteiger partial charge in [-0.25, -0.2) is 10.3 Å². The Morgan fingerprint density at radius 2 is 1.59 bits per heavy atom. The van der Waals surface area contributed by atoms with E-state index >= 15 is 0 Å². The number of carbonyl (C=O) groups excluding carboxylic acids is 3. The van der Waals surface area contributed by atoms with E-state index in [0.717, 1.165) is 22.3 Å². The number of nitrogens with one attached hydrogen (secondary N) is 2. The van der Waals surface area contributed by atoms with Gasteiger partial charge in [0.15, 0.2) is 11.5 Å². The number of imide groups is 1. The topological polar surface area (TPSA) is 109 Å². The summed E-state index contributed by atoms with van der Waals surface area (Å²) in [6, 6.07) is 27.9. The molecule has 1 saturated heterocycles. The van der Waals surface area contributed by atoms with E-state index in [1.807, 2.05) is 48.5 Å². The number of rotatable bonds is 6. The van der Waals surface area contributed by atoms with Gasteiger partial charge < -0.3 is 14.8 Å². The zero-order valence-electron chi connectivity index (χ0n) is 23.2. The summed E-state index contributed by atoms with van der Waals surface area (Å²) >= 11 is 6.51. The number of amides is 3. The Hall–Kier alpha value is -5.15. The molecule has 1 fully saturated rings. The highest BCUT2D eigenvalue weighted by atomic mass is 35.5. The first-order valence-corrected chi connectivity index (χ1v) is 14.6. The number of halogens is 1. The number of ether oxygens (including phenoxy) is 2. The molecule has 2 bridgehead atoms. The Morgan fingerprint density at radius 3 is 2.34 bits per heavy atom. The monoisotopic (exact) mass is 604 g/mol. The molecular formula is C34H25ClN4O5. The lowest BCUT2D eigenvalue weighted by atomic mass is 9.47. The molecule has 2 N–H and O–H groups in total. The van der Waals surface area contributed by atoms with E-state index in [1.54, 1.807) is 48.7 Å². The van der Waals surface area contributed by atoms with Crippen molar-refractivity contribution in [2.75, 3.05) is 23.6 Å². The molecule has 0 unspecified atom stereocenters. The number of anilines is 2. The Labute approximate surface area is 257 Å². The van der Waals surface area contributed by atoms with Gasteiger partial charge in [-0.15, -0.1) is 0 Å². The first-order valence-electron chi connectivity index (χ1n) is 14.3. The maximum absolute atomic E-state index is 14.4. The molecule has 2 atom stereocenters. The van der Waals surface area contributed by atoms with Crippen molar-refractivity contribution in [2.24, 2.45) is 16.9 Å². The van der Waals surface area contributed by atoms with Crippen LogP contribution in [0.3, 0.4) is 0 Å². The first kappa shape index (κ1) is 26.5. The maximum Gasteiger partial charge on any atom is 0.259 e. The number of carbonyl (C=O) groups is 3. The minimum Gasteiger partial charge on any atom is -0.454 e. The summed E-state index contributed by atoms with van der Waals surface area (Å²) in [5.74, 6) is -1.53. The zero-order valence-corrected chi connectivity index (χ0v) is 24.0. The number of nitrogens with zero attached hydrogens (tertiary/aromatic N) is 2. The molecule has 4 aromatic rings. The molecule has 2 heterocycles. The molecule has 0 spiro atoms. The fourth-order valence-electron chi connectivity index (χ4n) is 7.35. The smallest absolute Gasteiger partial charge is 0.259 e. The summed E-state index contributed by atoms with van der Waals surface area (Å²) in [5.41, 5.74) is 6.30. The minimum absolute atomic E-state index is 0.0526. The Morgan fingerprint density at radius 1 is 0.909 bits per heavy atom. The summed E-state index contributed by atoms with van der Waals surface area (Å²) < 4.78 is 10.7. The Balaban J connectivity index is 1.17. The van der Waals surface area contributed by atoms with E-state index in [0.29, 0.717) is 27.9 Å². The fourth-order valence-corrected chi connectivity index (χ4v) is 7.57. The predicted molar refractivity (Wildman–Crippen MR) is 164 cm³/mol. The van der Waals surface area contributed by atoms with Crippen LogP contribution in [0, 0.1) is 11.8 Å². The summed E-state index contributed by atoms with van der Waals surface area (Å²) in [6.45, 7) is 0.109. The highest BCUT2D eigenvalue weighted by molar-refractivity contribution is 6.36. The Bertz CT molecular complexity index is 1860. The molecule has 9 rings (SSSR count). The van der Waals surface area contributed by atoms with Crippen molar-refractivity contribution in [3.05, 3.63) is 118 Å². The second-order valence-electron chi connectivity index (χ2n) is 11.2. The van der Waals surface area contributed by atoms with Crippen molar-refractivity contribution >= 4 is 46.9 Å². The van der Waals surface area contributed by atoms with Crippen LogP contribution in [0.1, 0.15) is 28.2 Å². The quantitative estimate of drug-likeness (QED) is 0.185. The van der Waals surface area contributed by atoms with Gasteiger partial charge in [-0.1, -0.05) is 72.3 Å². The van der Waals surface area contributed by atoms with Crippen LogP contribution in [0.2, 0.25) is 5.02 Å². The third-order valence-electron chi connectivity index (χ3n) is 9.06. The normalized spacial score (nSPS) is 23.8. The highest BCUT2D eigenvalue weighted by Gasteiger charge is 2.68. The molecule has 0 saturated carbocycles. The molecule has 44 heavy (non-hydrogen) atoms. The van der Waals surface area contributed by atoms with Gasteiger partial charge in [0.1, 0.15) is 0 Å². The van der Waals surface area contributed by atoms with E-state index in [1.165, 1.54) is 4.90 Å². The summed E-state index contributed by atoms with van der Waals surface area (Å²) in [7, 11) is 0. The van der Waals surface area contributed by atoms with Crippen molar-refractivity contribution in [1.82, 2.24) is 5.43 Å². The molecule has 3 amide bonds. The van der Waals surface area contributed by atoms with Gasteiger partial charge in [0.25, 0.3) is 5.91 Å². The van der Waals surface area contributed by atoms with Crippen LogP contribution in [0.4, 0.5) is 11.4 Å². The second-order valence-corrected chi connectivity index (χ2v) is 11.6. The summed E-state index contributed by atoms with van der Waals surface area (Å²) in [4.78, 5) is 42.8. The number of para-hydroxylation sites is 1. The van der Waals surface area contributed by atoms with Crippen molar-refractivity contribution in [3.63, 3.8) is 0 Å². The number of benzene rings is 4. The van der Waals surface area contributed by atoms with Crippen molar-refractivity contribution < 1.29 is 23.9 Å². The third kappa shape index (κ3) is 3.72. The second kappa shape index (κ2) is 9.96. The van der Waals surface area contributed by atoms with Crippen LogP contribution >= 0.6 is 11.6 Å². The standard InChI is InChI=1S/C34H25ClN4O5/c35-24-11-5-6-12-25(24)39-32(41)30-29-20-7-1-3-9-22(20)34(31(30)33(39)42,23-10-4-2-8-21(23)29)17-37-38-28(40)16-36-19-13-14-26-27(15-19)44-18-43-26/h1-15,17,29-31,36H,16,18H2,(H,38,40)/b37-17+/t29?,30-,31+,34?/m1/s1. The number of hydrazone groups is 1. The van der Waals surface area contributed by atoms with Gasteiger partial charge in [-0.2, -0.15) is 5.10 Å². The lowest BCUT2D eigenvalue weighted by molar-refractivity contribution is -0.122. The molecule has 2 aliphatic heterocycles. The lowest BCUT2D eigenvalue weighted by Gasteiger charge is -2.52. The molecule has 10 heteroatoms. The van der Waals surface area contributed by atoms with Crippen LogP contribution in [-0.2, 0) is 19.8 Å². The molecular weight excluding hydrogens is 580 g/mol. The first-order chi connectivity index (χ1) is 21.5. The van der Waals surface area contributed by atoms with Crippen LogP contribution in [0.25, 0.3) is 0 Å². The SMILES string of the molecule is O=C(CNc1ccc2c(c1)OCO2)N/N=C/C12c3ccccc3C(c3ccccc31)[C@H]1C(=O)N(c3ccccc3Cl)C(=O)[C@H]12. The van der Waals surface area contributed by atoms with Gasteiger partial charge in [0.2, 0.25) is 18.6 Å².